The lowest BCUT2D eigenvalue weighted by Gasteiger charge is -2.34. The van der Waals surface area contributed by atoms with Gasteiger partial charge in [0.2, 0.25) is 17.7 Å². The normalized spacial score (nSPS) is 14.2. The predicted octanol–water partition coefficient (Wildman–Crippen LogP) is 0.908. The predicted molar refractivity (Wildman–Crippen MR) is 88.5 cm³/mol. The Balaban J connectivity index is 1.86. The molecule has 1 aromatic rings. The van der Waals surface area contributed by atoms with Crippen LogP contribution in [0.3, 0.4) is 0 Å². The molecule has 0 saturated carbocycles. The molecule has 128 valence electrons. The van der Waals surface area contributed by atoms with Gasteiger partial charge in [-0.25, -0.2) is 0 Å². The number of benzene rings is 1. The quantitative estimate of drug-likeness (QED) is 0.656. The van der Waals surface area contributed by atoms with E-state index in [9.17, 15) is 19.2 Å². The number of ketones is 1. The van der Waals surface area contributed by atoms with Crippen molar-refractivity contribution in [1.82, 2.24) is 9.80 Å². The van der Waals surface area contributed by atoms with Crippen LogP contribution in [0.15, 0.2) is 24.3 Å². The highest BCUT2D eigenvalue weighted by atomic mass is 16.2. The molecule has 7 heteroatoms. The number of carbonyl (C=O) groups excluding carboxylic acids is 4. The lowest BCUT2D eigenvalue weighted by atomic mass is 10.1. The number of hydrogen-bond donors (Lipinski definition) is 1. The Morgan fingerprint density at radius 2 is 1.62 bits per heavy atom. The summed E-state index contributed by atoms with van der Waals surface area (Å²) < 4.78 is 0. The van der Waals surface area contributed by atoms with Crippen LogP contribution in [0.4, 0.5) is 5.69 Å². The average molecular weight is 331 g/mol. The van der Waals surface area contributed by atoms with E-state index in [1.54, 1.807) is 34.1 Å². The third-order valence-corrected chi connectivity index (χ3v) is 3.94. The van der Waals surface area contributed by atoms with Crippen LogP contribution < -0.4 is 5.32 Å². The molecule has 0 unspecified atom stereocenters. The zero-order valence-electron chi connectivity index (χ0n) is 13.9. The van der Waals surface area contributed by atoms with Gasteiger partial charge in [-0.1, -0.05) is 12.1 Å². The van der Waals surface area contributed by atoms with E-state index in [1.807, 2.05) is 0 Å². The zero-order chi connectivity index (χ0) is 17.7. The number of carbonyl (C=O) groups is 4. The second-order valence-corrected chi connectivity index (χ2v) is 5.75. The van der Waals surface area contributed by atoms with Crippen molar-refractivity contribution < 1.29 is 19.2 Å². The number of nitrogens with one attached hydrogen (secondary N) is 1. The first-order valence-corrected chi connectivity index (χ1v) is 7.81. The Morgan fingerprint density at radius 3 is 2.21 bits per heavy atom. The molecule has 1 heterocycles. The monoisotopic (exact) mass is 331 g/mol. The molecule has 0 aromatic heterocycles. The van der Waals surface area contributed by atoms with Crippen molar-refractivity contribution in [1.29, 1.82) is 0 Å². The number of anilines is 1. The van der Waals surface area contributed by atoms with Crippen LogP contribution in [0.1, 0.15) is 30.6 Å². The van der Waals surface area contributed by atoms with Crippen molar-refractivity contribution in [2.24, 2.45) is 0 Å². The Morgan fingerprint density at radius 1 is 1.00 bits per heavy atom. The van der Waals surface area contributed by atoms with Crippen LogP contribution in [0.5, 0.6) is 0 Å². The highest BCUT2D eigenvalue weighted by Crippen LogP contribution is 2.12. The lowest BCUT2D eigenvalue weighted by molar-refractivity contribution is -0.140. The summed E-state index contributed by atoms with van der Waals surface area (Å²) >= 11 is 0. The molecule has 0 radical (unpaired) electrons. The molecule has 1 N–H and O–H groups in total. The summed E-state index contributed by atoms with van der Waals surface area (Å²) in [6.45, 7) is 4.80. The molecule has 1 aliphatic heterocycles. The molecule has 0 bridgehead atoms. The maximum atomic E-state index is 12.2. The van der Waals surface area contributed by atoms with Gasteiger partial charge in [-0.15, -0.1) is 0 Å². The van der Waals surface area contributed by atoms with E-state index in [0.29, 0.717) is 37.4 Å². The van der Waals surface area contributed by atoms with Gasteiger partial charge < -0.3 is 15.1 Å². The molecular formula is C17H21N3O4. The van der Waals surface area contributed by atoms with Gasteiger partial charge in [0.15, 0.2) is 5.78 Å². The minimum absolute atomic E-state index is 0.00908. The standard InChI is InChI=1S/C17H21N3O4/c1-12(21)14-4-3-5-15(10-14)18-16(23)11-17(24)20-8-6-19(7-9-20)13(2)22/h3-5,10H,6-9,11H2,1-2H3,(H,18,23). The number of amides is 3. The van der Waals surface area contributed by atoms with Gasteiger partial charge >= 0.3 is 0 Å². The van der Waals surface area contributed by atoms with Crippen molar-refractivity contribution in [2.75, 3.05) is 31.5 Å². The maximum Gasteiger partial charge on any atom is 0.233 e. The molecule has 0 atom stereocenters. The SMILES string of the molecule is CC(=O)c1cccc(NC(=O)CC(=O)N2CCN(C(C)=O)CC2)c1. The average Bonchev–Trinajstić information content (AvgIpc) is 2.55. The van der Waals surface area contributed by atoms with E-state index in [1.165, 1.54) is 13.8 Å². The van der Waals surface area contributed by atoms with Crippen LogP contribution in [0.2, 0.25) is 0 Å². The fourth-order valence-electron chi connectivity index (χ4n) is 2.54. The largest absolute Gasteiger partial charge is 0.339 e. The van der Waals surface area contributed by atoms with E-state index >= 15 is 0 Å². The molecule has 0 spiro atoms. The van der Waals surface area contributed by atoms with Gasteiger partial charge in [-0.3, -0.25) is 19.2 Å². The smallest absolute Gasteiger partial charge is 0.233 e. The number of piperazine rings is 1. The van der Waals surface area contributed by atoms with Crippen molar-refractivity contribution in [2.45, 2.75) is 20.3 Å². The fourth-order valence-corrected chi connectivity index (χ4v) is 2.54. The van der Waals surface area contributed by atoms with Crippen LogP contribution in [-0.4, -0.2) is 59.5 Å². The van der Waals surface area contributed by atoms with E-state index in [4.69, 9.17) is 0 Å². The number of Topliss-reactive ketones (excluding diaryl/α,β-unsaturated/α-hetero) is 1. The molecule has 1 saturated heterocycles. The number of rotatable bonds is 4. The number of hydrogen-bond acceptors (Lipinski definition) is 4. The Labute approximate surface area is 140 Å². The van der Waals surface area contributed by atoms with Gasteiger partial charge in [0.05, 0.1) is 0 Å². The molecule has 7 nitrogen and oxygen atoms in total. The zero-order valence-corrected chi connectivity index (χ0v) is 13.9. The molecule has 1 aliphatic rings. The maximum absolute atomic E-state index is 12.2. The minimum Gasteiger partial charge on any atom is -0.339 e. The Hall–Kier alpha value is -2.70. The summed E-state index contributed by atoms with van der Waals surface area (Å²) in [6.07, 6.45) is -0.260. The molecule has 24 heavy (non-hydrogen) atoms. The first kappa shape index (κ1) is 17.7. The van der Waals surface area contributed by atoms with Gasteiger partial charge in [0.25, 0.3) is 0 Å². The third kappa shape index (κ3) is 4.65. The van der Waals surface area contributed by atoms with E-state index < -0.39 is 5.91 Å². The third-order valence-electron chi connectivity index (χ3n) is 3.94. The second kappa shape index (κ2) is 7.72. The van der Waals surface area contributed by atoms with E-state index in [0.717, 1.165) is 0 Å². The first-order chi connectivity index (χ1) is 11.4. The molecule has 2 rings (SSSR count). The minimum atomic E-state index is -0.422. The summed E-state index contributed by atoms with van der Waals surface area (Å²) in [5.74, 6) is -0.788. The van der Waals surface area contributed by atoms with Crippen molar-refractivity contribution >= 4 is 29.2 Å². The molecule has 1 fully saturated rings. The molecule has 0 aliphatic carbocycles. The summed E-state index contributed by atoms with van der Waals surface area (Å²) in [5.41, 5.74) is 0.987. The first-order valence-electron chi connectivity index (χ1n) is 7.81. The van der Waals surface area contributed by atoms with E-state index in [2.05, 4.69) is 5.32 Å². The van der Waals surface area contributed by atoms with Crippen molar-refractivity contribution in [3.05, 3.63) is 29.8 Å². The van der Waals surface area contributed by atoms with Gasteiger partial charge in [-0.05, 0) is 19.1 Å². The Bertz CT molecular complexity index is 664. The summed E-state index contributed by atoms with van der Waals surface area (Å²) in [5, 5.41) is 2.63. The summed E-state index contributed by atoms with van der Waals surface area (Å²) in [6, 6.07) is 6.59. The van der Waals surface area contributed by atoms with Gasteiger partial charge in [0.1, 0.15) is 6.42 Å². The van der Waals surface area contributed by atoms with Crippen LogP contribution in [0.25, 0.3) is 0 Å². The van der Waals surface area contributed by atoms with Gasteiger partial charge in [0, 0.05) is 44.4 Å². The topological polar surface area (TPSA) is 86.8 Å². The second-order valence-electron chi connectivity index (χ2n) is 5.75. The molecule has 1 aromatic carbocycles. The van der Waals surface area contributed by atoms with Crippen LogP contribution in [-0.2, 0) is 14.4 Å². The Kier molecular flexibility index (Phi) is 5.68. The molecule has 3 amide bonds. The lowest BCUT2D eigenvalue weighted by Crippen LogP contribution is -2.50. The van der Waals surface area contributed by atoms with E-state index in [-0.39, 0.29) is 24.0 Å². The summed E-state index contributed by atoms with van der Waals surface area (Å²) in [7, 11) is 0. The van der Waals surface area contributed by atoms with Gasteiger partial charge in [-0.2, -0.15) is 0 Å². The highest BCUT2D eigenvalue weighted by molar-refractivity contribution is 6.04. The van der Waals surface area contributed by atoms with Crippen molar-refractivity contribution in [3.8, 4) is 0 Å². The van der Waals surface area contributed by atoms with Crippen LogP contribution in [0, 0.1) is 0 Å². The molecular weight excluding hydrogens is 310 g/mol. The van der Waals surface area contributed by atoms with Crippen LogP contribution >= 0.6 is 0 Å². The van der Waals surface area contributed by atoms with Crippen molar-refractivity contribution in [3.63, 3.8) is 0 Å². The number of nitrogens with zero attached hydrogens (tertiary/aromatic N) is 2. The highest BCUT2D eigenvalue weighted by Gasteiger charge is 2.23. The summed E-state index contributed by atoms with van der Waals surface area (Å²) in [4.78, 5) is 50.0. The fraction of sp³-hybridized carbons (Fsp3) is 0.412.